The Bertz CT molecular complexity index is 453. The topological polar surface area (TPSA) is 38.1 Å². The van der Waals surface area contributed by atoms with Gasteiger partial charge in [0, 0.05) is 6.20 Å². The normalized spacial score (nSPS) is 12.6. The molecule has 1 unspecified atom stereocenters. The number of halogens is 1. The van der Waals surface area contributed by atoms with Crippen LogP contribution in [-0.4, -0.2) is 11.5 Å². The fourth-order valence-corrected chi connectivity index (χ4v) is 1.95. The van der Waals surface area contributed by atoms with Crippen LogP contribution in [0.4, 0.5) is 0 Å². The van der Waals surface area contributed by atoms with E-state index in [-0.39, 0.29) is 6.04 Å². The van der Waals surface area contributed by atoms with Crippen molar-refractivity contribution in [1.82, 2.24) is 10.3 Å². The van der Waals surface area contributed by atoms with Gasteiger partial charge in [0.25, 0.3) is 0 Å². The van der Waals surface area contributed by atoms with Crippen molar-refractivity contribution in [3.8, 4) is 0 Å². The van der Waals surface area contributed by atoms with Crippen molar-refractivity contribution in [1.29, 1.82) is 0 Å². The Morgan fingerprint density at radius 1 is 1.39 bits per heavy atom. The van der Waals surface area contributed by atoms with Crippen molar-refractivity contribution in [2.24, 2.45) is 0 Å². The van der Waals surface area contributed by atoms with Gasteiger partial charge in [0.1, 0.15) is 0 Å². The Labute approximate surface area is 112 Å². The standard InChI is InChI=1S/C14H17ClN2O/c1-2-6-16-14(8-11-5-7-18-10-11)13-4-3-12(15)9-17-13/h3-5,7,9-10,14,16H,2,6,8H2,1H3. The molecule has 0 spiro atoms. The summed E-state index contributed by atoms with van der Waals surface area (Å²) >= 11 is 5.87. The molecule has 0 fully saturated rings. The molecule has 0 aliphatic heterocycles. The van der Waals surface area contributed by atoms with Crippen molar-refractivity contribution in [3.63, 3.8) is 0 Å². The third-order valence-corrected chi connectivity index (χ3v) is 2.99. The zero-order valence-corrected chi connectivity index (χ0v) is 11.2. The predicted octanol–water partition coefficient (Wildman–Crippen LogP) is 3.61. The molecule has 4 heteroatoms. The summed E-state index contributed by atoms with van der Waals surface area (Å²) in [6, 6.07) is 6.02. The van der Waals surface area contributed by atoms with Crippen LogP contribution in [0.25, 0.3) is 0 Å². The molecule has 0 aliphatic rings. The van der Waals surface area contributed by atoms with Crippen LogP contribution in [0, 0.1) is 0 Å². The van der Waals surface area contributed by atoms with Gasteiger partial charge in [-0.1, -0.05) is 18.5 Å². The lowest BCUT2D eigenvalue weighted by Crippen LogP contribution is -2.24. The number of aromatic nitrogens is 1. The highest BCUT2D eigenvalue weighted by atomic mass is 35.5. The lowest BCUT2D eigenvalue weighted by atomic mass is 10.1. The van der Waals surface area contributed by atoms with Gasteiger partial charge in [-0.15, -0.1) is 0 Å². The first-order chi connectivity index (χ1) is 8.79. The average molecular weight is 265 g/mol. The average Bonchev–Trinajstić information content (AvgIpc) is 2.88. The van der Waals surface area contributed by atoms with Crippen LogP contribution < -0.4 is 5.32 Å². The summed E-state index contributed by atoms with van der Waals surface area (Å²) in [5.74, 6) is 0. The van der Waals surface area contributed by atoms with Crippen molar-refractivity contribution in [3.05, 3.63) is 53.2 Å². The smallest absolute Gasteiger partial charge is 0.0935 e. The van der Waals surface area contributed by atoms with Crippen LogP contribution in [0.1, 0.15) is 30.6 Å². The van der Waals surface area contributed by atoms with Gasteiger partial charge in [-0.2, -0.15) is 0 Å². The quantitative estimate of drug-likeness (QED) is 0.866. The Morgan fingerprint density at radius 3 is 2.89 bits per heavy atom. The van der Waals surface area contributed by atoms with E-state index in [1.54, 1.807) is 18.7 Å². The Hall–Kier alpha value is -1.32. The van der Waals surface area contributed by atoms with E-state index in [1.165, 1.54) is 5.56 Å². The molecule has 0 amide bonds. The Balaban J connectivity index is 2.11. The summed E-state index contributed by atoms with van der Waals surface area (Å²) in [7, 11) is 0. The Morgan fingerprint density at radius 2 is 2.28 bits per heavy atom. The predicted molar refractivity (Wildman–Crippen MR) is 72.7 cm³/mol. The van der Waals surface area contributed by atoms with Crippen molar-refractivity contribution in [2.45, 2.75) is 25.8 Å². The molecule has 2 aromatic rings. The second kappa shape index (κ2) is 6.57. The minimum Gasteiger partial charge on any atom is -0.472 e. The highest BCUT2D eigenvalue weighted by Gasteiger charge is 2.13. The van der Waals surface area contributed by atoms with Gasteiger partial charge in [0.2, 0.25) is 0 Å². The molecular formula is C14H17ClN2O. The van der Waals surface area contributed by atoms with E-state index >= 15 is 0 Å². The van der Waals surface area contributed by atoms with Gasteiger partial charge in [0.05, 0.1) is 29.3 Å². The van der Waals surface area contributed by atoms with Crippen molar-refractivity contribution >= 4 is 11.6 Å². The van der Waals surface area contributed by atoms with Crippen LogP contribution in [-0.2, 0) is 6.42 Å². The van der Waals surface area contributed by atoms with Crippen LogP contribution >= 0.6 is 11.6 Å². The molecule has 0 radical (unpaired) electrons. The van der Waals surface area contributed by atoms with Crippen LogP contribution in [0.3, 0.4) is 0 Å². The molecule has 0 saturated carbocycles. The van der Waals surface area contributed by atoms with Gasteiger partial charge >= 0.3 is 0 Å². The summed E-state index contributed by atoms with van der Waals surface area (Å²) in [6.45, 7) is 3.12. The highest BCUT2D eigenvalue weighted by Crippen LogP contribution is 2.18. The molecule has 2 rings (SSSR count). The SMILES string of the molecule is CCCNC(Cc1ccoc1)c1ccc(Cl)cn1. The molecule has 2 aromatic heterocycles. The maximum Gasteiger partial charge on any atom is 0.0935 e. The molecule has 0 bridgehead atoms. The third-order valence-electron chi connectivity index (χ3n) is 2.77. The zero-order valence-electron chi connectivity index (χ0n) is 10.4. The summed E-state index contributed by atoms with van der Waals surface area (Å²) in [6.07, 6.45) is 7.12. The van der Waals surface area contributed by atoms with Crippen LogP contribution in [0.15, 0.2) is 41.3 Å². The van der Waals surface area contributed by atoms with Crippen molar-refractivity contribution in [2.75, 3.05) is 6.54 Å². The van der Waals surface area contributed by atoms with E-state index in [9.17, 15) is 0 Å². The number of hydrogen-bond donors (Lipinski definition) is 1. The van der Waals surface area contributed by atoms with Gasteiger partial charge in [0.15, 0.2) is 0 Å². The minimum atomic E-state index is 0.194. The fourth-order valence-electron chi connectivity index (χ4n) is 1.84. The number of pyridine rings is 1. The highest BCUT2D eigenvalue weighted by molar-refractivity contribution is 6.30. The largest absolute Gasteiger partial charge is 0.472 e. The summed E-state index contributed by atoms with van der Waals surface area (Å²) in [5, 5.41) is 4.16. The molecule has 1 N–H and O–H groups in total. The number of rotatable bonds is 6. The van der Waals surface area contributed by atoms with E-state index < -0.39 is 0 Å². The van der Waals surface area contributed by atoms with Crippen LogP contribution in [0.5, 0.6) is 0 Å². The maximum atomic E-state index is 5.87. The maximum absolute atomic E-state index is 5.87. The number of hydrogen-bond acceptors (Lipinski definition) is 3. The molecule has 0 saturated heterocycles. The van der Waals surface area contributed by atoms with Gasteiger partial charge in [-0.05, 0) is 43.1 Å². The number of nitrogens with zero attached hydrogens (tertiary/aromatic N) is 1. The van der Waals surface area contributed by atoms with E-state index in [0.717, 1.165) is 25.1 Å². The first-order valence-corrected chi connectivity index (χ1v) is 6.53. The molecule has 1 atom stereocenters. The summed E-state index contributed by atoms with van der Waals surface area (Å²) in [5.41, 5.74) is 2.18. The fraction of sp³-hybridized carbons (Fsp3) is 0.357. The first kappa shape index (κ1) is 13.1. The molecule has 2 heterocycles. The molecular weight excluding hydrogens is 248 g/mol. The zero-order chi connectivity index (χ0) is 12.8. The minimum absolute atomic E-state index is 0.194. The van der Waals surface area contributed by atoms with E-state index in [0.29, 0.717) is 5.02 Å². The third kappa shape index (κ3) is 3.59. The number of nitrogens with one attached hydrogen (secondary N) is 1. The van der Waals surface area contributed by atoms with Gasteiger partial charge in [-0.25, -0.2) is 0 Å². The van der Waals surface area contributed by atoms with E-state index in [4.69, 9.17) is 16.0 Å². The number of furan rings is 1. The van der Waals surface area contributed by atoms with Gasteiger partial charge in [-0.3, -0.25) is 4.98 Å². The lowest BCUT2D eigenvalue weighted by molar-refractivity contribution is 0.511. The summed E-state index contributed by atoms with van der Waals surface area (Å²) in [4.78, 5) is 4.39. The molecule has 96 valence electrons. The monoisotopic (exact) mass is 264 g/mol. The van der Waals surface area contributed by atoms with E-state index in [1.807, 2.05) is 18.2 Å². The molecule has 3 nitrogen and oxygen atoms in total. The van der Waals surface area contributed by atoms with Gasteiger partial charge < -0.3 is 9.73 Å². The lowest BCUT2D eigenvalue weighted by Gasteiger charge is -2.17. The molecule has 0 aromatic carbocycles. The second-order valence-corrected chi connectivity index (χ2v) is 4.68. The van der Waals surface area contributed by atoms with Crippen LogP contribution in [0.2, 0.25) is 5.02 Å². The molecule has 18 heavy (non-hydrogen) atoms. The Kier molecular flexibility index (Phi) is 4.79. The van der Waals surface area contributed by atoms with Crippen molar-refractivity contribution < 1.29 is 4.42 Å². The molecule has 0 aliphatic carbocycles. The first-order valence-electron chi connectivity index (χ1n) is 6.15. The summed E-state index contributed by atoms with van der Waals surface area (Å²) < 4.78 is 5.11. The second-order valence-electron chi connectivity index (χ2n) is 4.24. The van der Waals surface area contributed by atoms with E-state index in [2.05, 4.69) is 17.2 Å².